The van der Waals surface area contributed by atoms with Crippen molar-refractivity contribution in [3.8, 4) is 11.5 Å². The molecule has 9 heteroatoms. The van der Waals surface area contributed by atoms with E-state index in [0.29, 0.717) is 28.1 Å². The summed E-state index contributed by atoms with van der Waals surface area (Å²) in [4.78, 5) is 23.8. The van der Waals surface area contributed by atoms with Gasteiger partial charge in [-0.3, -0.25) is 9.59 Å². The highest BCUT2D eigenvalue weighted by molar-refractivity contribution is 9.10. The first-order valence-electron chi connectivity index (χ1n) is 9.81. The Kier molecular flexibility index (Phi) is 9.96. The molecule has 2 aromatic rings. The molecule has 0 aromatic heterocycles. The Bertz CT molecular complexity index is 937. The number of benzene rings is 2. The summed E-state index contributed by atoms with van der Waals surface area (Å²) in [5.74, 6) is -0.419. The largest absolute Gasteiger partial charge is 0.493 e. The number of amides is 2. The molecule has 0 heterocycles. The number of nitrogens with zero attached hydrogens (tertiary/aromatic N) is 1. The van der Waals surface area contributed by atoms with Crippen molar-refractivity contribution in [2.24, 2.45) is 5.10 Å². The van der Waals surface area contributed by atoms with E-state index in [0.717, 1.165) is 12.8 Å². The van der Waals surface area contributed by atoms with Crippen LogP contribution in [0.2, 0.25) is 0 Å². The number of unbranched alkanes of at least 4 members (excludes halogenated alkanes) is 1. The van der Waals surface area contributed by atoms with E-state index in [1.54, 1.807) is 25.3 Å². The zero-order valence-electron chi connectivity index (χ0n) is 17.4. The van der Waals surface area contributed by atoms with Gasteiger partial charge in [0.25, 0.3) is 5.91 Å². The summed E-state index contributed by atoms with van der Waals surface area (Å²) in [6, 6.07) is 9.19. The van der Waals surface area contributed by atoms with Crippen LogP contribution in [-0.4, -0.2) is 38.3 Å². The van der Waals surface area contributed by atoms with Gasteiger partial charge in [-0.25, -0.2) is 9.82 Å². The summed E-state index contributed by atoms with van der Waals surface area (Å²) in [5, 5.41) is 6.42. The Morgan fingerprint density at radius 1 is 1.26 bits per heavy atom. The molecular weight excluding hydrogens is 469 g/mol. The molecule has 0 radical (unpaired) electrons. The van der Waals surface area contributed by atoms with Crippen LogP contribution in [0.15, 0.2) is 46.0 Å². The molecule has 0 aliphatic heterocycles. The first-order chi connectivity index (χ1) is 15.0. The predicted octanol–water partition coefficient (Wildman–Crippen LogP) is 4.05. The van der Waals surface area contributed by atoms with E-state index >= 15 is 0 Å². The van der Waals surface area contributed by atoms with Crippen molar-refractivity contribution in [3.05, 3.63) is 57.8 Å². The number of ether oxygens (including phenoxy) is 2. The normalized spacial score (nSPS) is 10.7. The Labute approximate surface area is 189 Å². The van der Waals surface area contributed by atoms with Gasteiger partial charge >= 0.3 is 0 Å². The van der Waals surface area contributed by atoms with E-state index in [1.807, 2.05) is 0 Å². The van der Waals surface area contributed by atoms with Gasteiger partial charge in [0.05, 0.1) is 30.0 Å². The van der Waals surface area contributed by atoms with Crippen molar-refractivity contribution >= 4 is 34.0 Å². The Balaban J connectivity index is 1.84. The summed E-state index contributed by atoms with van der Waals surface area (Å²) >= 11 is 3.46. The third-order valence-electron chi connectivity index (χ3n) is 4.16. The second-order valence-electron chi connectivity index (χ2n) is 6.52. The summed E-state index contributed by atoms with van der Waals surface area (Å²) in [6.07, 6.45) is 3.43. The smallest absolute Gasteiger partial charge is 0.254 e. The van der Waals surface area contributed by atoms with E-state index in [2.05, 4.69) is 38.7 Å². The molecule has 2 rings (SSSR count). The molecule has 0 bridgehead atoms. The Morgan fingerprint density at radius 3 is 2.74 bits per heavy atom. The van der Waals surface area contributed by atoms with Crippen LogP contribution in [0.5, 0.6) is 11.5 Å². The van der Waals surface area contributed by atoms with Crippen LogP contribution >= 0.6 is 15.9 Å². The predicted molar refractivity (Wildman–Crippen MR) is 120 cm³/mol. The van der Waals surface area contributed by atoms with Crippen LogP contribution in [0, 0.1) is 5.82 Å². The lowest BCUT2D eigenvalue weighted by Gasteiger charge is -2.13. The lowest BCUT2D eigenvalue weighted by atomic mass is 10.2. The fourth-order valence-electron chi connectivity index (χ4n) is 2.54. The number of hydrazone groups is 1. The van der Waals surface area contributed by atoms with Crippen LogP contribution in [0.4, 0.5) is 4.39 Å². The molecule has 0 aliphatic carbocycles. The first kappa shape index (κ1) is 24.3. The van der Waals surface area contributed by atoms with Crippen molar-refractivity contribution in [1.29, 1.82) is 0 Å². The molecule has 0 fully saturated rings. The minimum atomic E-state index is -0.613. The first-order valence-corrected chi connectivity index (χ1v) is 10.6. The van der Waals surface area contributed by atoms with Gasteiger partial charge in [-0.2, -0.15) is 5.10 Å². The summed E-state index contributed by atoms with van der Waals surface area (Å²) in [5.41, 5.74) is 3.01. The lowest BCUT2D eigenvalue weighted by molar-refractivity contribution is -0.120. The SMILES string of the molecule is CCCCOc1c(Br)cc(C=NNC(=O)CCNC(=O)c2ccccc2F)cc1OC. The molecule has 7 nitrogen and oxygen atoms in total. The summed E-state index contributed by atoms with van der Waals surface area (Å²) in [7, 11) is 1.55. The van der Waals surface area contributed by atoms with Gasteiger partial charge in [0.15, 0.2) is 11.5 Å². The van der Waals surface area contributed by atoms with Crippen LogP contribution in [-0.2, 0) is 4.79 Å². The van der Waals surface area contributed by atoms with Gasteiger partial charge in [-0.15, -0.1) is 0 Å². The number of nitrogens with one attached hydrogen (secondary N) is 2. The number of carbonyl (C=O) groups excluding carboxylic acids is 2. The van der Waals surface area contributed by atoms with Gasteiger partial charge in [-0.05, 0) is 52.2 Å². The third kappa shape index (κ3) is 7.67. The highest BCUT2D eigenvalue weighted by atomic mass is 79.9. The third-order valence-corrected chi connectivity index (χ3v) is 4.74. The number of hydrogen-bond acceptors (Lipinski definition) is 5. The maximum Gasteiger partial charge on any atom is 0.254 e. The van der Waals surface area contributed by atoms with E-state index in [4.69, 9.17) is 9.47 Å². The average Bonchev–Trinajstić information content (AvgIpc) is 2.75. The zero-order valence-corrected chi connectivity index (χ0v) is 19.0. The lowest BCUT2D eigenvalue weighted by Crippen LogP contribution is -2.29. The molecule has 2 aromatic carbocycles. The van der Waals surface area contributed by atoms with Gasteiger partial charge in [-0.1, -0.05) is 25.5 Å². The minimum absolute atomic E-state index is 0.00520. The van der Waals surface area contributed by atoms with Crippen molar-refractivity contribution in [1.82, 2.24) is 10.7 Å². The summed E-state index contributed by atoms with van der Waals surface area (Å²) < 4.78 is 25.4. The van der Waals surface area contributed by atoms with Crippen LogP contribution in [0.1, 0.15) is 42.1 Å². The van der Waals surface area contributed by atoms with Crippen molar-refractivity contribution < 1.29 is 23.5 Å². The molecule has 2 amide bonds. The fraction of sp³-hybridized carbons (Fsp3) is 0.318. The highest BCUT2D eigenvalue weighted by Gasteiger charge is 2.12. The van der Waals surface area contributed by atoms with Gasteiger partial charge in [0, 0.05) is 13.0 Å². The Morgan fingerprint density at radius 2 is 2.03 bits per heavy atom. The summed E-state index contributed by atoms with van der Waals surface area (Å²) in [6.45, 7) is 2.72. The Hall–Kier alpha value is -2.94. The number of rotatable bonds is 11. The monoisotopic (exact) mass is 493 g/mol. The molecule has 31 heavy (non-hydrogen) atoms. The molecule has 0 saturated heterocycles. The van der Waals surface area contributed by atoms with Crippen molar-refractivity contribution in [3.63, 3.8) is 0 Å². The van der Waals surface area contributed by atoms with Gasteiger partial charge in [0.1, 0.15) is 5.82 Å². The quantitative estimate of drug-likeness (QED) is 0.280. The average molecular weight is 494 g/mol. The molecule has 2 N–H and O–H groups in total. The topological polar surface area (TPSA) is 89.0 Å². The van der Waals surface area contributed by atoms with E-state index in [9.17, 15) is 14.0 Å². The van der Waals surface area contributed by atoms with Gasteiger partial charge in [0.2, 0.25) is 5.91 Å². The fourth-order valence-corrected chi connectivity index (χ4v) is 3.11. The minimum Gasteiger partial charge on any atom is -0.493 e. The molecule has 166 valence electrons. The van der Waals surface area contributed by atoms with Crippen LogP contribution < -0.4 is 20.2 Å². The second-order valence-corrected chi connectivity index (χ2v) is 7.37. The number of carbonyl (C=O) groups is 2. The van der Waals surface area contributed by atoms with E-state index < -0.39 is 17.6 Å². The second kappa shape index (κ2) is 12.7. The number of halogens is 2. The maximum atomic E-state index is 13.6. The molecule has 0 atom stereocenters. The van der Waals surface area contributed by atoms with Crippen LogP contribution in [0.25, 0.3) is 0 Å². The standard InChI is InChI=1S/C22H25BrFN3O4/c1-3-4-11-31-21-17(23)12-15(13-19(21)30-2)14-26-27-20(28)9-10-25-22(29)16-7-5-6-8-18(16)24/h5-8,12-14H,3-4,9-11H2,1-2H3,(H,25,29)(H,27,28). The molecular formula is C22H25BrFN3O4. The van der Waals surface area contributed by atoms with Gasteiger partial charge < -0.3 is 14.8 Å². The molecule has 0 aliphatic rings. The number of hydrogen-bond donors (Lipinski definition) is 2. The van der Waals surface area contributed by atoms with Crippen LogP contribution in [0.3, 0.4) is 0 Å². The van der Waals surface area contributed by atoms with E-state index in [-0.39, 0.29) is 18.5 Å². The molecule has 0 unspecified atom stereocenters. The zero-order chi connectivity index (χ0) is 22.6. The maximum absolute atomic E-state index is 13.6. The van der Waals surface area contributed by atoms with Crippen molar-refractivity contribution in [2.45, 2.75) is 26.2 Å². The number of methoxy groups -OCH3 is 1. The highest BCUT2D eigenvalue weighted by Crippen LogP contribution is 2.36. The van der Waals surface area contributed by atoms with E-state index in [1.165, 1.54) is 24.4 Å². The molecule has 0 saturated carbocycles. The van der Waals surface area contributed by atoms with Crippen molar-refractivity contribution in [2.75, 3.05) is 20.3 Å². The molecule has 0 spiro atoms.